The molecule has 0 atom stereocenters. The van der Waals surface area contributed by atoms with Crippen molar-refractivity contribution in [1.82, 2.24) is 35.1 Å². The van der Waals surface area contributed by atoms with Crippen LogP contribution in [0.3, 0.4) is 0 Å². The van der Waals surface area contributed by atoms with Crippen molar-refractivity contribution in [3.05, 3.63) is 108 Å². The molecule has 0 radical (unpaired) electrons. The van der Waals surface area contributed by atoms with E-state index < -0.39 is 0 Å². The van der Waals surface area contributed by atoms with Gasteiger partial charge in [0.15, 0.2) is 0 Å². The summed E-state index contributed by atoms with van der Waals surface area (Å²) in [5.74, 6) is 1.46. The molecule has 43 heavy (non-hydrogen) atoms. The summed E-state index contributed by atoms with van der Waals surface area (Å²) in [4.78, 5) is 32.9. The van der Waals surface area contributed by atoms with Crippen LogP contribution in [0.5, 0.6) is 0 Å². The van der Waals surface area contributed by atoms with Gasteiger partial charge in [-0.05, 0) is 61.8 Å². The minimum Gasteiger partial charge on any atom is -0.347 e. The van der Waals surface area contributed by atoms with Gasteiger partial charge in [-0.15, -0.1) is 0 Å². The van der Waals surface area contributed by atoms with Gasteiger partial charge < -0.3 is 20.2 Å². The highest BCUT2D eigenvalue weighted by Crippen LogP contribution is 2.32. The molecule has 2 aromatic heterocycles. The van der Waals surface area contributed by atoms with E-state index in [1.165, 1.54) is 68.9 Å². The second-order valence-corrected chi connectivity index (χ2v) is 12.3. The summed E-state index contributed by atoms with van der Waals surface area (Å²) in [6.07, 6.45) is 18.8. The zero-order chi connectivity index (χ0) is 29.3. The third-order valence-electron chi connectivity index (χ3n) is 9.29. The Morgan fingerprint density at radius 2 is 1.35 bits per heavy atom. The Hall–Kier alpha value is -3.75. The van der Waals surface area contributed by atoms with Gasteiger partial charge in [0.1, 0.15) is 11.6 Å². The molecule has 2 aliphatic rings. The predicted octanol–water partition coefficient (Wildman–Crippen LogP) is 6.21. The summed E-state index contributed by atoms with van der Waals surface area (Å²) in [5.41, 5.74) is 3.32. The second-order valence-electron chi connectivity index (χ2n) is 12.3. The zero-order valence-corrected chi connectivity index (χ0v) is 25.1. The van der Waals surface area contributed by atoms with Crippen molar-refractivity contribution < 1.29 is 4.79 Å². The van der Waals surface area contributed by atoms with Crippen molar-refractivity contribution in [2.45, 2.75) is 102 Å². The van der Waals surface area contributed by atoms with Crippen LogP contribution in [0.25, 0.3) is 0 Å². The molecule has 2 saturated carbocycles. The minimum atomic E-state index is -0.0383. The molecule has 6 rings (SSSR count). The molecule has 226 valence electrons. The molecule has 2 fully saturated rings. The zero-order valence-electron chi connectivity index (χ0n) is 25.1. The molecule has 0 bridgehead atoms. The Balaban J connectivity index is 1.01. The van der Waals surface area contributed by atoms with Gasteiger partial charge in [0.25, 0.3) is 5.91 Å². The van der Waals surface area contributed by atoms with Crippen molar-refractivity contribution in [2.24, 2.45) is 0 Å². The first-order valence-electron chi connectivity index (χ1n) is 16.1. The Kier molecular flexibility index (Phi) is 9.97. The lowest BCUT2D eigenvalue weighted by atomic mass is 9.86. The molecular weight excluding hydrogens is 534 g/mol. The molecule has 1 amide bonds. The lowest BCUT2D eigenvalue weighted by Crippen LogP contribution is -2.47. The van der Waals surface area contributed by atoms with Gasteiger partial charge in [0.2, 0.25) is 0 Å². The minimum absolute atomic E-state index is 0.0383. The van der Waals surface area contributed by atoms with E-state index in [2.05, 4.69) is 72.6 Å². The fourth-order valence-corrected chi connectivity index (χ4v) is 6.91. The number of rotatable bonds is 12. The van der Waals surface area contributed by atoms with Crippen LogP contribution in [0, 0.1) is 0 Å². The molecule has 8 nitrogen and oxygen atoms in total. The van der Waals surface area contributed by atoms with Crippen molar-refractivity contribution >= 4 is 5.91 Å². The van der Waals surface area contributed by atoms with Crippen molar-refractivity contribution in [3.63, 3.8) is 0 Å². The number of nitrogens with zero attached hydrogens (tertiary/aromatic N) is 4. The third-order valence-corrected chi connectivity index (χ3v) is 9.29. The second kappa shape index (κ2) is 14.6. The highest BCUT2D eigenvalue weighted by atomic mass is 16.2. The van der Waals surface area contributed by atoms with Crippen LogP contribution in [0.4, 0.5) is 0 Å². The first-order chi connectivity index (χ1) is 21.2. The quantitative estimate of drug-likeness (QED) is 0.186. The average Bonchev–Trinajstić information content (AvgIpc) is 3.78. The van der Waals surface area contributed by atoms with E-state index in [1.807, 2.05) is 12.1 Å². The lowest BCUT2D eigenvalue weighted by molar-refractivity contribution is 0.0671. The Morgan fingerprint density at radius 1 is 0.721 bits per heavy atom. The van der Waals surface area contributed by atoms with Gasteiger partial charge in [-0.25, -0.2) is 9.97 Å². The Morgan fingerprint density at radius 3 is 1.95 bits per heavy atom. The van der Waals surface area contributed by atoms with Crippen molar-refractivity contribution in [1.29, 1.82) is 0 Å². The largest absolute Gasteiger partial charge is 0.347 e. The number of carbonyl (C=O) groups excluding carboxylic acids is 1. The lowest BCUT2D eigenvalue weighted by Gasteiger charge is -2.43. The number of aromatic amines is 2. The van der Waals surface area contributed by atoms with Crippen LogP contribution >= 0.6 is 0 Å². The van der Waals surface area contributed by atoms with E-state index in [0.29, 0.717) is 30.7 Å². The number of hydrogen-bond donors (Lipinski definition) is 3. The predicted molar refractivity (Wildman–Crippen MR) is 169 cm³/mol. The Labute approximate surface area is 255 Å². The topological polar surface area (TPSA) is 92.9 Å². The molecule has 2 aliphatic carbocycles. The van der Waals surface area contributed by atoms with Gasteiger partial charge in [-0.3, -0.25) is 9.69 Å². The fourth-order valence-electron chi connectivity index (χ4n) is 6.91. The molecular formula is C35H45N7O. The summed E-state index contributed by atoms with van der Waals surface area (Å²) in [7, 11) is 0. The smallest absolute Gasteiger partial charge is 0.254 e. The first-order valence-corrected chi connectivity index (χ1v) is 16.1. The molecule has 2 heterocycles. The number of hydrogen-bond acceptors (Lipinski definition) is 5. The number of H-pyrrole nitrogens is 2. The van der Waals surface area contributed by atoms with Gasteiger partial charge in [0, 0.05) is 61.6 Å². The molecule has 8 heteroatoms. The number of benzene rings is 2. The summed E-state index contributed by atoms with van der Waals surface area (Å²) in [5, 5.41) is 3.82. The SMILES string of the molecule is O=C(c1ccc(CN[C@H]2CC[C@H](N(Cc3ccccc3)C3CCCCC3)CC2)cc1)N(Cc1ncc[nH]1)Cc1ncc[nH]1. The van der Waals surface area contributed by atoms with Crippen molar-refractivity contribution in [3.8, 4) is 0 Å². The number of aromatic nitrogens is 4. The Bertz CT molecular complexity index is 1320. The normalized spacial score (nSPS) is 19.5. The average molecular weight is 580 g/mol. The first kappa shape index (κ1) is 29.3. The maximum atomic E-state index is 13.5. The van der Waals surface area contributed by atoms with E-state index >= 15 is 0 Å². The van der Waals surface area contributed by atoms with Gasteiger partial charge in [-0.1, -0.05) is 61.7 Å². The molecule has 0 spiro atoms. The standard InChI is InChI=1S/C35H45N7O/c43-35(41(25-33-36-19-20-37-33)26-34-38-21-22-39-34)29-13-11-27(12-14-29)23-40-30-15-17-32(18-16-30)42(31-9-5-2-6-10-31)24-28-7-3-1-4-8-28/h1,3-4,7-8,11-14,19-22,30-32,40H,2,5-6,9-10,15-18,23-26H2,(H,36,37)(H,38,39)/t30-,32-. The van der Waals surface area contributed by atoms with Crippen LogP contribution in [0.2, 0.25) is 0 Å². The van der Waals surface area contributed by atoms with Crippen molar-refractivity contribution in [2.75, 3.05) is 0 Å². The molecule has 0 aliphatic heterocycles. The summed E-state index contributed by atoms with van der Waals surface area (Å²) in [6.45, 7) is 2.69. The fraction of sp³-hybridized carbons (Fsp3) is 0.457. The highest BCUT2D eigenvalue weighted by molar-refractivity contribution is 5.94. The number of nitrogens with one attached hydrogen (secondary N) is 3. The highest BCUT2D eigenvalue weighted by Gasteiger charge is 2.31. The van der Waals surface area contributed by atoms with Crippen LogP contribution in [0.15, 0.2) is 79.4 Å². The van der Waals surface area contributed by atoms with Gasteiger partial charge in [-0.2, -0.15) is 0 Å². The van der Waals surface area contributed by atoms with Crippen LogP contribution < -0.4 is 5.32 Å². The van der Waals surface area contributed by atoms with E-state index in [4.69, 9.17) is 0 Å². The number of amides is 1. The van der Waals surface area contributed by atoms with E-state index in [-0.39, 0.29) is 5.91 Å². The monoisotopic (exact) mass is 579 g/mol. The van der Waals surface area contributed by atoms with E-state index in [1.54, 1.807) is 29.7 Å². The maximum absolute atomic E-state index is 13.5. The van der Waals surface area contributed by atoms with Crippen LogP contribution in [-0.2, 0) is 26.2 Å². The molecule has 0 unspecified atom stereocenters. The van der Waals surface area contributed by atoms with E-state index in [0.717, 1.165) is 30.8 Å². The molecule has 2 aromatic carbocycles. The van der Waals surface area contributed by atoms with Crippen LogP contribution in [-0.4, -0.2) is 53.8 Å². The van der Waals surface area contributed by atoms with Gasteiger partial charge in [0.05, 0.1) is 13.1 Å². The molecule has 4 aromatic rings. The number of carbonyl (C=O) groups is 1. The third kappa shape index (κ3) is 8.00. The number of imidazole rings is 2. The molecule has 0 saturated heterocycles. The van der Waals surface area contributed by atoms with E-state index in [9.17, 15) is 4.79 Å². The van der Waals surface area contributed by atoms with Gasteiger partial charge >= 0.3 is 0 Å². The summed E-state index contributed by atoms with van der Waals surface area (Å²) < 4.78 is 0. The van der Waals surface area contributed by atoms with Crippen LogP contribution in [0.1, 0.15) is 90.9 Å². The molecule has 3 N–H and O–H groups in total. The maximum Gasteiger partial charge on any atom is 0.254 e. The summed E-state index contributed by atoms with van der Waals surface area (Å²) >= 11 is 0. The summed E-state index contributed by atoms with van der Waals surface area (Å²) in [6, 6.07) is 21.0.